The van der Waals surface area contributed by atoms with E-state index in [0.29, 0.717) is 0 Å². The first kappa shape index (κ1) is 15.4. The van der Waals surface area contributed by atoms with E-state index in [1.807, 2.05) is 11.3 Å². The van der Waals surface area contributed by atoms with Crippen molar-refractivity contribution in [3.05, 3.63) is 91.1 Å². The van der Waals surface area contributed by atoms with Crippen molar-refractivity contribution in [3.63, 3.8) is 0 Å². The van der Waals surface area contributed by atoms with Gasteiger partial charge in [-0.3, -0.25) is 0 Å². The molecule has 0 spiro atoms. The normalized spacial score (nSPS) is 12.1. The lowest BCUT2D eigenvalue weighted by molar-refractivity contribution is 1.13. The summed E-state index contributed by atoms with van der Waals surface area (Å²) in [5.41, 5.74) is 4.84. The molecule has 0 aliphatic heterocycles. The summed E-state index contributed by atoms with van der Waals surface area (Å²) in [5, 5.41) is 6.52. The Morgan fingerprint density at radius 1 is 0.690 bits per heavy atom. The Kier molecular flexibility index (Phi) is 2.91. The van der Waals surface area contributed by atoms with Crippen LogP contribution in [0.1, 0.15) is 0 Å². The molecule has 7 rings (SSSR count). The van der Waals surface area contributed by atoms with Gasteiger partial charge in [0.2, 0.25) is 0 Å². The zero-order valence-electron chi connectivity index (χ0n) is 15.5. The molecule has 0 atom stereocenters. The molecule has 0 saturated carbocycles. The number of hydrogen-bond donors (Lipinski definition) is 1. The Morgan fingerprint density at radius 2 is 1.55 bits per heavy atom. The first-order valence-electron chi connectivity index (χ1n) is 9.79. The fraction of sp³-hybridized carbons (Fsp3) is 0. The van der Waals surface area contributed by atoms with Crippen LogP contribution in [0, 0.1) is 0 Å². The highest BCUT2D eigenvalue weighted by Crippen LogP contribution is 2.41. The number of H-pyrrole nitrogens is 1. The van der Waals surface area contributed by atoms with Gasteiger partial charge in [0.1, 0.15) is 0 Å². The number of rotatable bonds is 1. The predicted octanol–water partition coefficient (Wildman–Crippen LogP) is 7.63. The van der Waals surface area contributed by atoms with Crippen LogP contribution in [0.5, 0.6) is 0 Å². The maximum absolute atomic E-state index is 3.75. The van der Waals surface area contributed by atoms with Crippen molar-refractivity contribution in [2.45, 2.75) is 0 Å². The lowest BCUT2D eigenvalue weighted by Crippen LogP contribution is -1.90. The third kappa shape index (κ3) is 2.05. The van der Waals surface area contributed by atoms with Gasteiger partial charge in [-0.1, -0.05) is 42.5 Å². The van der Waals surface area contributed by atoms with Gasteiger partial charge in [0.05, 0.1) is 11.0 Å². The maximum atomic E-state index is 3.75. The molecule has 0 bridgehead atoms. The minimum Gasteiger partial charge on any atom is -0.354 e. The van der Waals surface area contributed by atoms with E-state index in [1.54, 1.807) is 0 Å². The summed E-state index contributed by atoms with van der Waals surface area (Å²) in [6, 6.07) is 30.6. The van der Waals surface area contributed by atoms with Crippen molar-refractivity contribution in [2.75, 3.05) is 0 Å². The average Bonchev–Trinajstić information content (AvgIpc) is 3.44. The SMILES string of the molecule is c1ccc(-n2ccc3cc4c(cc32)[nH]c2c4ccc3sc4ccccc4c32)cc1. The van der Waals surface area contributed by atoms with E-state index in [-0.39, 0.29) is 0 Å². The minimum atomic E-state index is 1.18. The molecule has 0 aliphatic carbocycles. The van der Waals surface area contributed by atoms with Crippen molar-refractivity contribution >= 4 is 64.2 Å². The van der Waals surface area contributed by atoms with Gasteiger partial charge in [-0.2, -0.15) is 0 Å². The van der Waals surface area contributed by atoms with Crippen molar-refractivity contribution in [3.8, 4) is 5.69 Å². The van der Waals surface area contributed by atoms with Gasteiger partial charge in [0.15, 0.2) is 0 Å². The van der Waals surface area contributed by atoms with Gasteiger partial charge in [-0.05, 0) is 42.5 Å². The molecule has 3 heteroatoms. The number of aromatic nitrogens is 2. The quantitative estimate of drug-likeness (QED) is 0.298. The van der Waals surface area contributed by atoms with Crippen molar-refractivity contribution < 1.29 is 0 Å². The summed E-state index contributed by atoms with van der Waals surface area (Å²) in [6.07, 6.45) is 2.16. The van der Waals surface area contributed by atoms with Crippen LogP contribution in [0.15, 0.2) is 91.1 Å². The van der Waals surface area contributed by atoms with E-state index in [0.717, 1.165) is 0 Å². The van der Waals surface area contributed by atoms with E-state index in [1.165, 1.54) is 58.6 Å². The van der Waals surface area contributed by atoms with Crippen LogP contribution in [-0.4, -0.2) is 9.55 Å². The van der Waals surface area contributed by atoms with Crippen LogP contribution in [0.4, 0.5) is 0 Å². The molecule has 29 heavy (non-hydrogen) atoms. The summed E-state index contributed by atoms with van der Waals surface area (Å²) in [4.78, 5) is 3.75. The Bertz CT molecular complexity index is 1700. The highest BCUT2D eigenvalue weighted by molar-refractivity contribution is 7.26. The zero-order chi connectivity index (χ0) is 18.9. The van der Waals surface area contributed by atoms with Crippen molar-refractivity contribution in [2.24, 2.45) is 0 Å². The lowest BCUT2D eigenvalue weighted by atomic mass is 10.1. The topological polar surface area (TPSA) is 20.7 Å². The smallest absolute Gasteiger partial charge is 0.0559 e. The Balaban J connectivity index is 1.60. The minimum absolute atomic E-state index is 1.18. The number of thiophene rings is 1. The molecule has 0 fully saturated rings. The molecule has 7 aromatic rings. The van der Waals surface area contributed by atoms with Crippen LogP contribution in [-0.2, 0) is 0 Å². The van der Waals surface area contributed by atoms with Crippen molar-refractivity contribution in [1.82, 2.24) is 9.55 Å². The van der Waals surface area contributed by atoms with Gasteiger partial charge < -0.3 is 9.55 Å². The average molecular weight is 388 g/mol. The molecule has 3 aromatic heterocycles. The molecule has 0 radical (unpaired) electrons. The number of para-hydroxylation sites is 1. The van der Waals surface area contributed by atoms with Gasteiger partial charge in [0, 0.05) is 53.7 Å². The highest BCUT2D eigenvalue weighted by atomic mass is 32.1. The first-order chi connectivity index (χ1) is 14.4. The Hall–Kier alpha value is -3.56. The monoisotopic (exact) mass is 388 g/mol. The second kappa shape index (κ2) is 5.49. The molecule has 136 valence electrons. The number of nitrogens with one attached hydrogen (secondary N) is 1. The molecule has 4 aromatic carbocycles. The van der Waals surface area contributed by atoms with E-state index >= 15 is 0 Å². The fourth-order valence-electron chi connectivity index (χ4n) is 4.63. The third-order valence-corrected chi connectivity index (χ3v) is 7.09. The Labute approximate surface area is 170 Å². The van der Waals surface area contributed by atoms with Crippen LogP contribution < -0.4 is 0 Å². The molecular formula is C26H16N2S. The summed E-state index contributed by atoms with van der Waals surface area (Å²) in [6.45, 7) is 0. The second-order valence-corrected chi connectivity index (χ2v) is 8.65. The van der Waals surface area contributed by atoms with E-state index in [4.69, 9.17) is 0 Å². The molecular weight excluding hydrogens is 372 g/mol. The summed E-state index contributed by atoms with van der Waals surface area (Å²) >= 11 is 1.87. The molecule has 2 nitrogen and oxygen atoms in total. The van der Waals surface area contributed by atoms with Gasteiger partial charge in [-0.15, -0.1) is 11.3 Å². The summed E-state index contributed by atoms with van der Waals surface area (Å²) in [5.74, 6) is 0. The molecule has 0 saturated heterocycles. The maximum Gasteiger partial charge on any atom is 0.0559 e. The number of benzene rings is 4. The van der Waals surface area contributed by atoms with Gasteiger partial charge in [-0.25, -0.2) is 0 Å². The van der Waals surface area contributed by atoms with E-state index in [9.17, 15) is 0 Å². The number of aromatic amines is 1. The Morgan fingerprint density at radius 3 is 2.48 bits per heavy atom. The molecule has 3 heterocycles. The largest absolute Gasteiger partial charge is 0.354 e. The molecule has 1 N–H and O–H groups in total. The number of fused-ring (bicyclic) bond motifs is 8. The third-order valence-electron chi connectivity index (χ3n) is 5.96. The number of hydrogen-bond acceptors (Lipinski definition) is 1. The molecule has 0 amide bonds. The summed E-state index contributed by atoms with van der Waals surface area (Å²) in [7, 11) is 0. The van der Waals surface area contributed by atoms with Gasteiger partial charge in [0.25, 0.3) is 0 Å². The predicted molar refractivity (Wildman–Crippen MR) is 126 cm³/mol. The van der Waals surface area contributed by atoms with Crippen LogP contribution in [0.3, 0.4) is 0 Å². The van der Waals surface area contributed by atoms with Crippen molar-refractivity contribution in [1.29, 1.82) is 0 Å². The van der Waals surface area contributed by atoms with E-state index in [2.05, 4.69) is 101 Å². The highest BCUT2D eigenvalue weighted by Gasteiger charge is 2.14. The van der Waals surface area contributed by atoms with Gasteiger partial charge >= 0.3 is 0 Å². The first-order valence-corrected chi connectivity index (χ1v) is 10.6. The molecule has 0 unspecified atom stereocenters. The standard InChI is InChI=1S/C26H16N2S/c1-2-6-17(7-3-1)28-13-12-16-14-20-18-10-11-24-25(19-8-4-5-9-23(19)29-24)26(18)27-21(20)15-22(16)28/h1-15,27H. The summed E-state index contributed by atoms with van der Waals surface area (Å²) < 4.78 is 4.94. The number of nitrogens with zero attached hydrogens (tertiary/aromatic N) is 1. The lowest BCUT2D eigenvalue weighted by Gasteiger charge is -2.05. The molecule has 0 aliphatic rings. The van der Waals surface area contributed by atoms with Crippen LogP contribution in [0.25, 0.3) is 58.6 Å². The zero-order valence-corrected chi connectivity index (χ0v) is 16.3. The van der Waals surface area contributed by atoms with E-state index < -0.39 is 0 Å². The van der Waals surface area contributed by atoms with Crippen LogP contribution >= 0.6 is 11.3 Å². The fourth-order valence-corrected chi connectivity index (χ4v) is 5.74. The van der Waals surface area contributed by atoms with Crippen LogP contribution in [0.2, 0.25) is 0 Å². The second-order valence-electron chi connectivity index (χ2n) is 7.56.